The predicted octanol–water partition coefficient (Wildman–Crippen LogP) is 6.75. The number of carbonyl (C=O) groups excluding carboxylic acids is 2. The Labute approximate surface area is 266 Å². The maximum absolute atomic E-state index is 13.9. The first-order valence-electron chi connectivity index (χ1n) is 14.3. The molecule has 0 spiro atoms. The smallest absolute Gasteiger partial charge is 0.407 e. The Morgan fingerprint density at radius 1 is 1.02 bits per heavy atom. The summed E-state index contributed by atoms with van der Waals surface area (Å²) in [4.78, 5) is 46.7. The molecule has 1 aromatic heterocycles. The van der Waals surface area contributed by atoms with Crippen molar-refractivity contribution >= 4 is 46.1 Å². The number of alkyl carbamates (subject to hydrolysis) is 1. The molecule has 11 heteroatoms. The van der Waals surface area contributed by atoms with Crippen molar-refractivity contribution in [3.05, 3.63) is 98.5 Å². The number of nitrogens with one attached hydrogen (secondary N) is 1. The standard InChI is InChI=1S/C33H36Cl2N4O5/c1-6-43-24-14-12-23(13-15-24)39-30(37-28-10-8-7-9-25(28)31(39)41)21(2)38(18-17-36-32(42)44-33(3,4)5)29(40)20-22-11-16-26(34)27(35)19-22/h7-16,19,21H,6,17-18,20H2,1-5H3,(H,36,42). The van der Waals surface area contributed by atoms with Crippen molar-refractivity contribution in [1.29, 1.82) is 0 Å². The molecular weight excluding hydrogens is 603 g/mol. The Morgan fingerprint density at radius 3 is 2.39 bits per heavy atom. The van der Waals surface area contributed by atoms with Crippen molar-refractivity contribution in [1.82, 2.24) is 19.8 Å². The number of carbonyl (C=O) groups is 2. The van der Waals surface area contributed by atoms with Crippen LogP contribution in [0.15, 0.2) is 71.5 Å². The first-order chi connectivity index (χ1) is 20.9. The number of rotatable bonds is 10. The molecule has 0 aliphatic carbocycles. The summed E-state index contributed by atoms with van der Waals surface area (Å²) < 4.78 is 12.5. The third-order valence-electron chi connectivity index (χ3n) is 6.73. The highest BCUT2D eigenvalue weighted by Gasteiger charge is 2.27. The topological polar surface area (TPSA) is 103 Å². The van der Waals surface area contributed by atoms with E-state index >= 15 is 0 Å². The molecule has 232 valence electrons. The maximum atomic E-state index is 13.9. The monoisotopic (exact) mass is 638 g/mol. The van der Waals surface area contributed by atoms with E-state index in [1.807, 2.05) is 19.9 Å². The lowest BCUT2D eigenvalue weighted by Crippen LogP contribution is -2.43. The molecule has 9 nitrogen and oxygen atoms in total. The predicted molar refractivity (Wildman–Crippen MR) is 173 cm³/mol. The van der Waals surface area contributed by atoms with Crippen LogP contribution < -0.4 is 15.6 Å². The average Bonchev–Trinajstić information content (AvgIpc) is 2.96. The van der Waals surface area contributed by atoms with E-state index in [1.165, 1.54) is 4.57 Å². The molecular formula is C33H36Cl2N4O5. The molecule has 4 rings (SSSR count). The van der Waals surface area contributed by atoms with E-state index in [2.05, 4.69) is 5.32 Å². The molecule has 44 heavy (non-hydrogen) atoms. The van der Waals surface area contributed by atoms with Gasteiger partial charge in [-0.2, -0.15) is 0 Å². The largest absolute Gasteiger partial charge is 0.494 e. The molecule has 1 heterocycles. The number of nitrogens with zero attached hydrogens (tertiary/aromatic N) is 3. The van der Waals surface area contributed by atoms with E-state index in [0.29, 0.717) is 50.4 Å². The zero-order valence-corrected chi connectivity index (χ0v) is 26.9. The van der Waals surface area contributed by atoms with Crippen molar-refractivity contribution in [2.75, 3.05) is 19.7 Å². The average molecular weight is 640 g/mol. The van der Waals surface area contributed by atoms with E-state index in [4.69, 9.17) is 37.7 Å². The summed E-state index contributed by atoms with van der Waals surface area (Å²) in [5.41, 5.74) is 0.791. The van der Waals surface area contributed by atoms with Gasteiger partial charge in [-0.3, -0.25) is 14.2 Å². The number of halogens is 2. The Morgan fingerprint density at radius 2 is 1.73 bits per heavy atom. The first kappa shape index (κ1) is 32.8. The molecule has 0 radical (unpaired) electrons. The van der Waals surface area contributed by atoms with Gasteiger partial charge in [0.1, 0.15) is 17.2 Å². The Kier molecular flexibility index (Phi) is 10.5. The highest BCUT2D eigenvalue weighted by atomic mass is 35.5. The summed E-state index contributed by atoms with van der Waals surface area (Å²) in [6, 6.07) is 18.5. The quantitative estimate of drug-likeness (QED) is 0.206. The fraction of sp³-hybridized carbons (Fsp3) is 0.333. The van der Waals surface area contributed by atoms with Gasteiger partial charge < -0.3 is 19.7 Å². The number of amides is 2. The summed E-state index contributed by atoms with van der Waals surface area (Å²) in [6.45, 7) is 9.74. The molecule has 4 aromatic rings. The van der Waals surface area contributed by atoms with Gasteiger partial charge in [0.15, 0.2) is 0 Å². The minimum absolute atomic E-state index is 0.00847. The number of benzene rings is 3. The summed E-state index contributed by atoms with van der Waals surface area (Å²) >= 11 is 12.3. The second-order valence-electron chi connectivity index (χ2n) is 11.2. The van der Waals surface area contributed by atoms with Crippen LogP contribution in [0, 0.1) is 0 Å². The fourth-order valence-corrected chi connectivity index (χ4v) is 5.05. The van der Waals surface area contributed by atoms with Crippen molar-refractivity contribution in [2.45, 2.75) is 52.7 Å². The fourth-order valence-electron chi connectivity index (χ4n) is 4.73. The lowest BCUT2D eigenvalue weighted by Gasteiger charge is -2.31. The summed E-state index contributed by atoms with van der Waals surface area (Å²) in [5.74, 6) is 0.763. The molecule has 0 aliphatic heterocycles. The third-order valence-corrected chi connectivity index (χ3v) is 7.47. The minimum Gasteiger partial charge on any atom is -0.494 e. The maximum Gasteiger partial charge on any atom is 0.407 e. The summed E-state index contributed by atoms with van der Waals surface area (Å²) in [7, 11) is 0. The number of para-hydroxylation sites is 1. The number of hydrogen-bond donors (Lipinski definition) is 1. The lowest BCUT2D eigenvalue weighted by molar-refractivity contribution is -0.132. The number of fused-ring (bicyclic) bond motifs is 1. The molecule has 0 bridgehead atoms. The summed E-state index contributed by atoms with van der Waals surface area (Å²) in [5, 5.41) is 3.88. The molecule has 0 fully saturated rings. The molecule has 3 aromatic carbocycles. The molecule has 1 unspecified atom stereocenters. The molecule has 0 saturated heterocycles. The van der Waals surface area contributed by atoms with Gasteiger partial charge in [-0.05, 0) is 88.7 Å². The zero-order valence-electron chi connectivity index (χ0n) is 25.4. The van der Waals surface area contributed by atoms with Crippen molar-refractivity contribution in [2.24, 2.45) is 0 Å². The van der Waals surface area contributed by atoms with Crippen molar-refractivity contribution < 1.29 is 19.1 Å². The van der Waals surface area contributed by atoms with Crippen LogP contribution in [0.2, 0.25) is 10.0 Å². The Bertz CT molecular complexity index is 1700. The van der Waals surface area contributed by atoms with Crippen LogP contribution in [0.4, 0.5) is 4.79 Å². The van der Waals surface area contributed by atoms with Gasteiger partial charge >= 0.3 is 6.09 Å². The number of aromatic nitrogens is 2. The molecule has 1 N–H and O–H groups in total. The number of hydrogen-bond acceptors (Lipinski definition) is 6. The highest BCUT2D eigenvalue weighted by Crippen LogP contribution is 2.26. The Hall–Kier alpha value is -4.08. The molecule has 2 amide bonds. The van der Waals surface area contributed by atoms with Crippen LogP contribution >= 0.6 is 23.2 Å². The summed E-state index contributed by atoms with van der Waals surface area (Å²) in [6.07, 6.45) is -0.591. The van der Waals surface area contributed by atoms with E-state index in [-0.39, 0.29) is 31.0 Å². The van der Waals surface area contributed by atoms with E-state index in [0.717, 1.165) is 0 Å². The van der Waals surface area contributed by atoms with Gasteiger partial charge in [-0.1, -0.05) is 41.4 Å². The van der Waals surface area contributed by atoms with Crippen molar-refractivity contribution in [3.63, 3.8) is 0 Å². The molecule has 1 atom stereocenters. The zero-order chi connectivity index (χ0) is 32.0. The lowest BCUT2D eigenvalue weighted by atomic mass is 10.1. The highest BCUT2D eigenvalue weighted by molar-refractivity contribution is 6.42. The van der Waals surface area contributed by atoms with Crippen LogP contribution in [-0.4, -0.2) is 51.7 Å². The molecule has 0 aliphatic rings. The van der Waals surface area contributed by atoms with Gasteiger partial charge in [0.25, 0.3) is 5.56 Å². The Balaban J connectivity index is 1.76. The van der Waals surface area contributed by atoms with Crippen LogP contribution in [0.3, 0.4) is 0 Å². The van der Waals surface area contributed by atoms with Crippen LogP contribution in [-0.2, 0) is 16.0 Å². The SMILES string of the molecule is CCOc1ccc(-n2c(C(C)N(CCNC(=O)OC(C)(C)C)C(=O)Cc3ccc(Cl)c(Cl)c3)nc3ccccc3c2=O)cc1. The minimum atomic E-state index is -0.686. The van der Waals surface area contributed by atoms with Gasteiger partial charge in [0.2, 0.25) is 5.91 Å². The second kappa shape index (κ2) is 14.1. The van der Waals surface area contributed by atoms with E-state index < -0.39 is 17.7 Å². The molecule has 0 saturated carbocycles. The van der Waals surface area contributed by atoms with Gasteiger partial charge in [0, 0.05) is 13.1 Å². The number of ether oxygens (including phenoxy) is 2. The third kappa shape index (κ3) is 8.09. The van der Waals surface area contributed by atoms with Gasteiger partial charge in [0.05, 0.1) is 45.7 Å². The van der Waals surface area contributed by atoms with E-state index in [1.54, 1.807) is 86.3 Å². The first-order valence-corrected chi connectivity index (χ1v) is 15.1. The van der Waals surface area contributed by atoms with Gasteiger partial charge in [-0.15, -0.1) is 0 Å². The van der Waals surface area contributed by atoms with E-state index in [9.17, 15) is 14.4 Å². The second-order valence-corrected chi connectivity index (χ2v) is 12.0. The normalized spacial score (nSPS) is 12.1. The van der Waals surface area contributed by atoms with Crippen LogP contribution in [0.5, 0.6) is 5.75 Å². The van der Waals surface area contributed by atoms with Crippen LogP contribution in [0.25, 0.3) is 16.6 Å². The van der Waals surface area contributed by atoms with Crippen molar-refractivity contribution in [3.8, 4) is 11.4 Å². The van der Waals surface area contributed by atoms with Gasteiger partial charge in [-0.25, -0.2) is 9.78 Å². The van der Waals surface area contributed by atoms with Crippen LogP contribution in [0.1, 0.15) is 52.0 Å².